The minimum atomic E-state index is -1.22. The average molecular weight is 295 g/mol. The number of halogens is 1. The van der Waals surface area contributed by atoms with E-state index in [1.54, 1.807) is 13.8 Å². The molecular formula is C15H18FNO4. The van der Waals surface area contributed by atoms with Gasteiger partial charge in [-0.15, -0.1) is 0 Å². The van der Waals surface area contributed by atoms with Gasteiger partial charge in [0.15, 0.2) is 0 Å². The molecule has 1 amide bonds. The summed E-state index contributed by atoms with van der Waals surface area (Å²) in [7, 11) is 0. The Morgan fingerprint density at radius 1 is 1.43 bits per heavy atom. The van der Waals surface area contributed by atoms with Gasteiger partial charge >= 0.3 is 12.1 Å². The van der Waals surface area contributed by atoms with E-state index in [0.717, 1.165) is 0 Å². The molecule has 1 atom stereocenters. The van der Waals surface area contributed by atoms with Gasteiger partial charge in [0.25, 0.3) is 0 Å². The quantitative estimate of drug-likeness (QED) is 0.790. The second kappa shape index (κ2) is 6.88. The average Bonchev–Trinajstić information content (AvgIpc) is 2.42. The lowest BCUT2D eigenvalue weighted by Gasteiger charge is -2.32. The Labute approximate surface area is 122 Å². The number of carbonyl (C=O) groups is 2. The molecule has 5 nitrogen and oxygen atoms in total. The third-order valence-electron chi connectivity index (χ3n) is 3.15. The second-order valence-corrected chi connectivity index (χ2v) is 5.03. The highest BCUT2D eigenvalue weighted by Gasteiger charge is 2.38. The molecule has 0 saturated heterocycles. The molecule has 2 N–H and O–H groups in total. The molecule has 1 aromatic carbocycles. The third kappa shape index (κ3) is 4.30. The summed E-state index contributed by atoms with van der Waals surface area (Å²) in [6.45, 7) is 6.67. The van der Waals surface area contributed by atoms with Crippen LogP contribution in [-0.4, -0.2) is 29.8 Å². The number of carbonyl (C=O) groups excluding carboxylic acids is 1. The predicted octanol–water partition coefficient (Wildman–Crippen LogP) is 2.47. The van der Waals surface area contributed by atoms with Gasteiger partial charge in [-0.1, -0.05) is 38.6 Å². The summed E-state index contributed by atoms with van der Waals surface area (Å²) < 4.78 is 17.7. The molecule has 0 spiro atoms. The standard InChI is InChI=1S/C15H18FNO4/c1-4-9-21-14(20)17-12(13(18)19)15(2,3)10-5-7-11(16)8-6-10/h4-8,12H,1,9H2,2-3H3,(H,17,20)(H,18,19). The largest absolute Gasteiger partial charge is 0.480 e. The van der Waals surface area contributed by atoms with E-state index >= 15 is 0 Å². The normalized spacial score (nSPS) is 12.3. The van der Waals surface area contributed by atoms with Crippen LogP contribution in [-0.2, 0) is 14.9 Å². The van der Waals surface area contributed by atoms with Crippen LogP contribution in [0.1, 0.15) is 19.4 Å². The van der Waals surface area contributed by atoms with Crippen molar-refractivity contribution in [1.29, 1.82) is 0 Å². The van der Waals surface area contributed by atoms with Crippen molar-refractivity contribution in [3.63, 3.8) is 0 Å². The van der Waals surface area contributed by atoms with Crippen LogP contribution in [0.5, 0.6) is 0 Å². The van der Waals surface area contributed by atoms with Gasteiger partial charge in [0.2, 0.25) is 0 Å². The first-order valence-corrected chi connectivity index (χ1v) is 6.32. The van der Waals surface area contributed by atoms with Crippen LogP contribution in [0.4, 0.5) is 9.18 Å². The van der Waals surface area contributed by atoms with Gasteiger partial charge in [-0.3, -0.25) is 0 Å². The predicted molar refractivity (Wildman–Crippen MR) is 75.5 cm³/mol. The fourth-order valence-electron chi connectivity index (χ4n) is 1.89. The molecule has 0 radical (unpaired) electrons. The number of nitrogens with one attached hydrogen (secondary N) is 1. The Hall–Kier alpha value is -2.37. The number of amides is 1. The summed E-state index contributed by atoms with van der Waals surface area (Å²) in [6.07, 6.45) is 0.526. The first kappa shape index (κ1) is 16.7. The van der Waals surface area contributed by atoms with Crippen LogP contribution in [0.3, 0.4) is 0 Å². The fraction of sp³-hybridized carbons (Fsp3) is 0.333. The maximum absolute atomic E-state index is 13.0. The highest BCUT2D eigenvalue weighted by Crippen LogP contribution is 2.27. The number of carboxylic acids is 1. The van der Waals surface area contributed by atoms with E-state index < -0.39 is 29.3 Å². The van der Waals surface area contributed by atoms with Crippen molar-refractivity contribution in [3.05, 3.63) is 48.3 Å². The highest BCUT2D eigenvalue weighted by atomic mass is 19.1. The molecular weight excluding hydrogens is 277 g/mol. The summed E-state index contributed by atoms with van der Waals surface area (Å²) in [6, 6.07) is 4.24. The number of benzene rings is 1. The van der Waals surface area contributed by atoms with Gasteiger partial charge in [0.05, 0.1) is 0 Å². The highest BCUT2D eigenvalue weighted by molar-refractivity contribution is 5.81. The van der Waals surface area contributed by atoms with Crippen molar-refractivity contribution in [2.75, 3.05) is 6.61 Å². The number of ether oxygens (including phenoxy) is 1. The summed E-state index contributed by atoms with van der Waals surface area (Å²) in [5, 5.41) is 11.6. The molecule has 6 heteroatoms. The topological polar surface area (TPSA) is 75.6 Å². The van der Waals surface area contributed by atoms with Crippen molar-refractivity contribution in [3.8, 4) is 0 Å². The Balaban J connectivity index is 2.97. The number of hydrogen-bond acceptors (Lipinski definition) is 3. The Morgan fingerprint density at radius 2 is 2.00 bits per heavy atom. The number of rotatable bonds is 6. The maximum atomic E-state index is 13.0. The zero-order valence-corrected chi connectivity index (χ0v) is 11.9. The SMILES string of the molecule is C=CCOC(=O)NC(C(=O)O)C(C)(C)c1ccc(F)cc1. The van der Waals surface area contributed by atoms with E-state index in [1.807, 2.05) is 0 Å². The Bertz CT molecular complexity index is 525. The van der Waals surface area contributed by atoms with E-state index in [0.29, 0.717) is 5.56 Å². The van der Waals surface area contributed by atoms with Crippen molar-refractivity contribution < 1.29 is 23.8 Å². The number of alkyl carbamates (subject to hydrolysis) is 1. The number of hydrogen-bond donors (Lipinski definition) is 2. The van der Waals surface area contributed by atoms with E-state index in [9.17, 15) is 19.1 Å². The zero-order chi connectivity index (χ0) is 16.0. The van der Waals surface area contributed by atoms with Gasteiger partial charge in [0, 0.05) is 5.41 Å². The molecule has 0 aliphatic carbocycles. The van der Waals surface area contributed by atoms with Gasteiger partial charge in [-0.05, 0) is 17.7 Å². The van der Waals surface area contributed by atoms with Crippen LogP contribution in [0.25, 0.3) is 0 Å². The zero-order valence-electron chi connectivity index (χ0n) is 11.9. The second-order valence-electron chi connectivity index (χ2n) is 5.03. The van der Waals surface area contributed by atoms with E-state index in [4.69, 9.17) is 4.74 Å². The molecule has 0 fully saturated rings. The summed E-state index contributed by atoms with van der Waals surface area (Å²) in [4.78, 5) is 23.0. The smallest absolute Gasteiger partial charge is 0.408 e. The molecule has 21 heavy (non-hydrogen) atoms. The molecule has 1 unspecified atom stereocenters. The van der Waals surface area contributed by atoms with Crippen LogP contribution >= 0.6 is 0 Å². The first-order valence-electron chi connectivity index (χ1n) is 6.32. The minimum absolute atomic E-state index is 0.0187. The monoisotopic (exact) mass is 295 g/mol. The lowest BCUT2D eigenvalue weighted by atomic mass is 9.77. The van der Waals surface area contributed by atoms with Crippen LogP contribution in [0, 0.1) is 5.82 Å². The number of aliphatic carboxylic acids is 1. The summed E-state index contributed by atoms with van der Waals surface area (Å²) in [5.41, 5.74) is -0.368. The van der Waals surface area contributed by atoms with Crippen LogP contribution in [0.2, 0.25) is 0 Å². The number of carboxylic acid groups (broad SMARTS) is 1. The van der Waals surface area contributed by atoms with E-state index in [2.05, 4.69) is 11.9 Å². The lowest BCUT2D eigenvalue weighted by molar-refractivity contribution is -0.141. The molecule has 0 aliphatic heterocycles. The summed E-state index contributed by atoms with van der Waals surface area (Å²) >= 11 is 0. The molecule has 114 valence electrons. The fourth-order valence-corrected chi connectivity index (χ4v) is 1.89. The van der Waals surface area contributed by atoms with Crippen LogP contribution < -0.4 is 5.32 Å². The molecule has 0 aromatic heterocycles. The molecule has 1 aromatic rings. The minimum Gasteiger partial charge on any atom is -0.480 e. The van der Waals surface area contributed by atoms with Crippen molar-refractivity contribution in [1.82, 2.24) is 5.32 Å². The van der Waals surface area contributed by atoms with Gasteiger partial charge < -0.3 is 15.2 Å². The van der Waals surface area contributed by atoms with Gasteiger partial charge in [-0.25, -0.2) is 14.0 Å². The molecule has 1 rings (SSSR count). The lowest BCUT2D eigenvalue weighted by Crippen LogP contribution is -2.52. The molecule has 0 saturated carbocycles. The van der Waals surface area contributed by atoms with Crippen molar-refractivity contribution >= 4 is 12.1 Å². The van der Waals surface area contributed by atoms with Crippen molar-refractivity contribution in [2.45, 2.75) is 25.3 Å². The van der Waals surface area contributed by atoms with Crippen LogP contribution in [0.15, 0.2) is 36.9 Å². The maximum Gasteiger partial charge on any atom is 0.408 e. The third-order valence-corrected chi connectivity index (χ3v) is 3.15. The molecule has 0 bridgehead atoms. The van der Waals surface area contributed by atoms with Gasteiger partial charge in [0.1, 0.15) is 18.5 Å². The Morgan fingerprint density at radius 3 is 2.48 bits per heavy atom. The van der Waals surface area contributed by atoms with Gasteiger partial charge in [-0.2, -0.15) is 0 Å². The first-order chi connectivity index (χ1) is 9.78. The molecule has 0 aliphatic rings. The van der Waals surface area contributed by atoms with E-state index in [1.165, 1.54) is 30.3 Å². The van der Waals surface area contributed by atoms with Crippen molar-refractivity contribution in [2.24, 2.45) is 0 Å². The summed E-state index contributed by atoms with van der Waals surface area (Å²) in [5.74, 6) is -1.63. The Kier molecular flexibility index (Phi) is 5.46. The van der Waals surface area contributed by atoms with E-state index in [-0.39, 0.29) is 6.61 Å². The molecule has 0 heterocycles.